The van der Waals surface area contributed by atoms with Crippen LogP contribution < -0.4 is 5.32 Å². The molecule has 0 saturated carbocycles. The van der Waals surface area contributed by atoms with Crippen LogP contribution in [0.4, 0.5) is 0 Å². The summed E-state index contributed by atoms with van der Waals surface area (Å²) in [6.45, 7) is 10.9. The Morgan fingerprint density at radius 1 is 1.24 bits per heavy atom. The van der Waals surface area contributed by atoms with E-state index in [1.165, 1.54) is 0 Å². The van der Waals surface area contributed by atoms with Gasteiger partial charge in [0.1, 0.15) is 5.60 Å². The fraction of sp³-hybridized carbons (Fsp3) is 0.412. The summed E-state index contributed by atoms with van der Waals surface area (Å²) in [6, 6.07) is 8.34. The van der Waals surface area contributed by atoms with E-state index in [1.807, 2.05) is 6.07 Å². The number of carbonyl (C=O) groups excluding carboxylic acids is 2. The van der Waals surface area contributed by atoms with E-state index in [4.69, 9.17) is 4.74 Å². The normalized spacial score (nSPS) is 12.6. The minimum absolute atomic E-state index is 0.0344. The highest BCUT2D eigenvalue weighted by molar-refractivity contribution is 6.02. The summed E-state index contributed by atoms with van der Waals surface area (Å²) in [6.07, 6.45) is 0. The summed E-state index contributed by atoms with van der Waals surface area (Å²) < 4.78 is 5.21. The van der Waals surface area contributed by atoms with Gasteiger partial charge in [-0.1, -0.05) is 42.5 Å². The molecule has 0 radical (unpaired) electrons. The third-order valence-corrected chi connectivity index (χ3v) is 2.68. The van der Waals surface area contributed by atoms with Crippen LogP contribution in [0, 0.1) is 0 Å². The van der Waals surface area contributed by atoms with Crippen molar-refractivity contribution in [3.63, 3.8) is 0 Å². The number of Topliss-reactive ketones (excluding diaryl/α,β-unsaturated/α-hetero) is 1. The van der Waals surface area contributed by atoms with Crippen molar-refractivity contribution >= 4 is 11.8 Å². The molecular weight excluding hydrogens is 266 g/mol. The molecule has 114 valence electrons. The van der Waals surface area contributed by atoms with E-state index in [2.05, 4.69) is 11.9 Å². The van der Waals surface area contributed by atoms with Crippen LogP contribution in [-0.4, -0.2) is 29.9 Å². The molecule has 0 fully saturated rings. The highest BCUT2D eigenvalue weighted by Gasteiger charge is 2.23. The number of esters is 1. The zero-order valence-electron chi connectivity index (χ0n) is 13.1. The second-order valence-electron chi connectivity index (χ2n) is 5.98. The van der Waals surface area contributed by atoms with Crippen molar-refractivity contribution in [1.82, 2.24) is 5.32 Å². The second-order valence-corrected chi connectivity index (χ2v) is 5.98. The van der Waals surface area contributed by atoms with Gasteiger partial charge in [-0.2, -0.15) is 0 Å². The average molecular weight is 289 g/mol. The van der Waals surface area contributed by atoms with Crippen molar-refractivity contribution in [2.75, 3.05) is 6.54 Å². The highest BCUT2D eigenvalue weighted by atomic mass is 16.6. The quantitative estimate of drug-likeness (QED) is 0.497. The number of ether oxygens (including phenoxy) is 1. The molecule has 0 aliphatic rings. The molecule has 1 rings (SSSR count). The van der Waals surface area contributed by atoms with Gasteiger partial charge in [0.2, 0.25) is 0 Å². The third kappa shape index (κ3) is 5.92. The van der Waals surface area contributed by atoms with Gasteiger partial charge in [-0.15, -0.1) is 0 Å². The number of hydrogen-bond donors (Lipinski definition) is 1. The minimum Gasteiger partial charge on any atom is -0.459 e. The van der Waals surface area contributed by atoms with Crippen molar-refractivity contribution in [2.24, 2.45) is 0 Å². The topological polar surface area (TPSA) is 55.4 Å². The lowest BCUT2D eigenvalue weighted by Crippen LogP contribution is -2.42. The Labute approximate surface area is 126 Å². The maximum absolute atomic E-state index is 12.4. The standard InChI is InChI=1S/C17H23NO3/c1-12(2)15(16(20)13-9-7-6-8-10-13)18-11-14(19)21-17(3,4)5/h6-10,15,18H,1,11H2,2-5H3/t15-/m1/s1. The molecule has 0 aliphatic carbocycles. The Hall–Kier alpha value is -1.94. The summed E-state index contributed by atoms with van der Waals surface area (Å²) in [4.78, 5) is 24.1. The molecule has 0 saturated heterocycles. The lowest BCUT2D eigenvalue weighted by molar-refractivity contribution is -0.153. The molecule has 4 nitrogen and oxygen atoms in total. The van der Waals surface area contributed by atoms with E-state index in [1.54, 1.807) is 52.0 Å². The van der Waals surface area contributed by atoms with Gasteiger partial charge in [0.15, 0.2) is 5.78 Å². The number of nitrogens with one attached hydrogen (secondary N) is 1. The van der Waals surface area contributed by atoms with Crippen LogP contribution >= 0.6 is 0 Å². The number of rotatable bonds is 6. The van der Waals surface area contributed by atoms with Crippen molar-refractivity contribution in [2.45, 2.75) is 39.3 Å². The van der Waals surface area contributed by atoms with E-state index in [9.17, 15) is 9.59 Å². The summed E-state index contributed by atoms with van der Waals surface area (Å²) >= 11 is 0. The first-order valence-electron chi connectivity index (χ1n) is 6.90. The van der Waals surface area contributed by atoms with E-state index < -0.39 is 17.6 Å². The van der Waals surface area contributed by atoms with Crippen LogP contribution in [-0.2, 0) is 9.53 Å². The van der Waals surface area contributed by atoms with E-state index in [-0.39, 0.29) is 12.3 Å². The molecule has 0 bridgehead atoms. The molecule has 1 atom stereocenters. The van der Waals surface area contributed by atoms with Crippen LogP contribution in [0.15, 0.2) is 42.5 Å². The Bertz CT molecular complexity index is 515. The van der Waals surface area contributed by atoms with Crippen molar-refractivity contribution in [3.05, 3.63) is 48.0 Å². The van der Waals surface area contributed by atoms with Crippen LogP contribution in [0.25, 0.3) is 0 Å². The molecule has 0 heterocycles. The Kier molecular flexibility index (Phi) is 5.85. The lowest BCUT2D eigenvalue weighted by Gasteiger charge is -2.22. The van der Waals surface area contributed by atoms with Gasteiger partial charge in [-0.3, -0.25) is 14.9 Å². The lowest BCUT2D eigenvalue weighted by atomic mass is 9.99. The first kappa shape index (κ1) is 17.1. The van der Waals surface area contributed by atoms with Gasteiger partial charge < -0.3 is 4.74 Å². The summed E-state index contributed by atoms with van der Waals surface area (Å²) in [7, 11) is 0. The molecule has 0 aliphatic heterocycles. The van der Waals surface area contributed by atoms with Crippen LogP contribution in [0.2, 0.25) is 0 Å². The van der Waals surface area contributed by atoms with Gasteiger partial charge >= 0.3 is 5.97 Å². The van der Waals surface area contributed by atoms with Crippen LogP contribution in [0.5, 0.6) is 0 Å². The van der Waals surface area contributed by atoms with Crippen molar-refractivity contribution in [1.29, 1.82) is 0 Å². The predicted molar refractivity (Wildman–Crippen MR) is 83.2 cm³/mol. The number of ketones is 1. The maximum Gasteiger partial charge on any atom is 0.320 e. The van der Waals surface area contributed by atoms with E-state index >= 15 is 0 Å². The zero-order chi connectivity index (χ0) is 16.0. The predicted octanol–water partition coefficient (Wildman–Crippen LogP) is 2.75. The average Bonchev–Trinajstić information content (AvgIpc) is 2.37. The van der Waals surface area contributed by atoms with Gasteiger partial charge in [-0.05, 0) is 27.7 Å². The highest BCUT2D eigenvalue weighted by Crippen LogP contribution is 2.10. The van der Waals surface area contributed by atoms with Crippen molar-refractivity contribution < 1.29 is 14.3 Å². The molecule has 1 aromatic carbocycles. The van der Waals surface area contributed by atoms with Crippen LogP contribution in [0.3, 0.4) is 0 Å². The molecule has 21 heavy (non-hydrogen) atoms. The molecule has 0 unspecified atom stereocenters. The Balaban J connectivity index is 2.69. The third-order valence-electron chi connectivity index (χ3n) is 2.68. The maximum atomic E-state index is 12.4. The summed E-state index contributed by atoms with van der Waals surface area (Å²) in [5, 5.41) is 2.92. The fourth-order valence-corrected chi connectivity index (χ4v) is 1.82. The first-order chi connectivity index (χ1) is 9.70. The largest absolute Gasteiger partial charge is 0.459 e. The fourth-order valence-electron chi connectivity index (χ4n) is 1.82. The number of carbonyl (C=O) groups is 2. The van der Waals surface area contributed by atoms with Gasteiger partial charge in [0, 0.05) is 5.56 Å². The van der Waals surface area contributed by atoms with E-state index in [0.29, 0.717) is 11.1 Å². The molecule has 0 amide bonds. The smallest absolute Gasteiger partial charge is 0.320 e. The monoisotopic (exact) mass is 289 g/mol. The second kappa shape index (κ2) is 7.18. The molecular formula is C17H23NO3. The minimum atomic E-state index is -0.597. The van der Waals surface area contributed by atoms with Crippen molar-refractivity contribution in [3.8, 4) is 0 Å². The molecule has 1 N–H and O–H groups in total. The SMILES string of the molecule is C=C(C)[C@@H](NCC(=O)OC(C)(C)C)C(=O)c1ccccc1. The van der Waals surface area contributed by atoms with Crippen LogP contribution in [0.1, 0.15) is 38.1 Å². The number of benzene rings is 1. The van der Waals surface area contributed by atoms with Gasteiger partial charge in [-0.25, -0.2) is 0 Å². The van der Waals surface area contributed by atoms with Gasteiger partial charge in [0.05, 0.1) is 12.6 Å². The Morgan fingerprint density at radius 3 is 2.29 bits per heavy atom. The summed E-state index contributed by atoms with van der Waals surface area (Å²) in [5.74, 6) is -0.499. The molecule has 4 heteroatoms. The van der Waals surface area contributed by atoms with E-state index in [0.717, 1.165) is 0 Å². The van der Waals surface area contributed by atoms with Gasteiger partial charge in [0.25, 0.3) is 0 Å². The molecule has 0 aromatic heterocycles. The number of hydrogen-bond acceptors (Lipinski definition) is 4. The molecule has 1 aromatic rings. The molecule has 0 spiro atoms. The first-order valence-corrected chi connectivity index (χ1v) is 6.90. The zero-order valence-corrected chi connectivity index (χ0v) is 13.1. The Morgan fingerprint density at radius 2 is 1.81 bits per heavy atom. The summed E-state index contributed by atoms with van der Waals surface area (Å²) in [5.41, 5.74) is 0.704.